The van der Waals surface area contributed by atoms with E-state index in [9.17, 15) is 4.79 Å². The lowest BCUT2D eigenvalue weighted by Crippen LogP contribution is -2.37. The molecule has 7 nitrogen and oxygen atoms in total. The molecule has 0 aliphatic heterocycles. The standard InChI is InChI=1S/C29H40N4O3.C4H8/c1-3-23(2)21-27(33-29(30)31)28(34)32-19-11-6-4-5-7-12-20-35-25-15-17-26(18-16-25)36-22-24-13-9-8-10-14-24;1-3-4-2/h3,8-10,13-18,27H,1-2,4-7,11-12,19-22H2,(H,32,34)(H4,30,31,33);3-4H,1-2H3/b;4-3-. The number of nitrogens with zero attached hydrogens (tertiary/aromatic N) is 1. The van der Waals surface area contributed by atoms with Gasteiger partial charge in [0.2, 0.25) is 5.91 Å². The van der Waals surface area contributed by atoms with Gasteiger partial charge in [-0.05, 0) is 56.5 Å². The highest BCUT2D eigenvalue weighted by atomic mass is 16.5. The third kappa shape index (κ3) is 16.8. The van der Waals surface area contributed by atoms with Gasteiger partial charge in [-0.3, -0.25) is 4.79 Å². The summed E-state index contributed by atoms with van der Waals surface area (Å²) in [7, 11) is 0. The number of allylic oxidation sites excluding steroid dienone is 3. The summed E-state index contributed by atoms with van der Waals surface area (Å²) in [5.74, 6) is 1.38. The summed E-state index contributed by atoms with van der Waals surface area (Å²) >= 11 is 0. The number of aliphatic imine (C=N–C) groups is 1. The molecule has 7 heteroatoms. The zero-order valence-corrected chi connectivity index (χ0v) is 24.3. The Kier molecular flexibility index (Phi) is 18.6. The van der Waals surface area contributed by atoms with E-state index in [-0.39, 0.29) is 11.9 Å². The highest BCUT2D eigenvalue weighted by Gasteiger charge is 2.17. The van der Waals surface area contributed by atoms with Crippen LogP contribution in [0.25, 0.3) is 0 Å². The van der Waals surface area contributed by atoms with Crippen molar-refractivity contribution in [3.05, 3.63) is 97.1 Å². The minimum Gasteiger partial charge on any atom is -0.494 e. The van der Waals surface area contributed by atoms with Gasteiger partial charge in [0.25, 0.3) is 0 Å². The molecule has 0 heterocycles. The molecule has 1 unspecified atom stereocenters. The minimum absolute atomic E-state index is 0.110. The van der Waals surface area contributed by atoms with Crippen molar-refractivity contribution in [2.75, 3.05) is 13.2 Å². The normalized spacial score (nSPS) is 11.1. The fourth-order valence-corrected chi connectivity index (χ4v) is 3.54. The molecule has 0 spiro atoms. The quantitative estimate of drug-likeness (QED) is 0.0651. The molecule has 0 bridgehead atoms. The number of rotatable bonds is 18. The van der Waals surface area contributed by atoms with E-state index in [1.807, 2.05) is 80.6 Å². The van der Waals surface area contributed by atoms with Crippen LogP contribution in [0.4, 0.5) is 0 Å². The van der Waals surface area contributed by atoms with Crippen LogP contribution < -0.4 is 26.3 Å². The minimum atomic E-state index is -0.668. The molecule has 2 rings (SSSR count). The fraction of sp³-hybridized carbons (Fsp3) is 0.394. The van der Waals surface area contributed by atoms with Gasteiger partial charge in [-0.2, -0.15) is 0 Å². The molecule has 0 aliphatic carbocycles. The van der Waals surface area contributed by atoms with Crippen LogP contribution in [0.15, 0.2) is 96.5 Å². The Bertz CT molecular complexity index is 1030. The lowest BCUT2D eigenvalue weighted by atomic mass is 10.1. The first-order valence-electron chi connectivity index (χ1n) is 14.0. The predicted octanol–water partition coefficient (Wildman–Crippen LogP) is 6.46. The van der Waals surface area contributed by atoms with Gasteiger partial charge in [0.1, 0.15) is 24.1 Å². The molecule has 0 radical (unpaired) electrons. The van der Waals surface area contributed by atoms with Gasteiger partial charge < -0.3 is 26.3 Å². The zero-order chi connectivity index (χ0) is 29.4. The van der Waals surface area contributed by atoms with Crippen LogP contribution in [0.2, 0.25) is 0 Å². The molecule has 2 aromatic rings. The SMILES string of the molecule is C/C=C\C.C=CC(=C)CC(N=C(N)N)C(=O)NCCCCCCCCOc1ccc(OCc2ccccc2)cc1. The largest absolute Gasteiger partial charge is 0.494 e. The van der Waals surface area contributed by atoms with E-state index >= 15 is 0 Å². The average Bonchev–Trinajstić information content (AvgIpc) is 2.97. The fourth-order valence-electron chi connectivity index (χ4n) is 3.54. The van der Waals surface area contributed by atoms with E-state index in [1.54, 1.807) is 6.08 Å². The maximum absolute atomic E-state index is 12.3. The Labute approximate surface area is 241 Å². The molecule has 0 saturated heterocycles. The number of amides is 1. The van der Waals surface area contributed by atoms with Crippen molar-refractivity contribution >= 4 is 11.9 Å². The molecule has 1 amide bonds. The number of nitrogens with two attached hydrogens (primary N) is 2. The summed E-state index contributed by atoms with van der Waals surface area (Å²) in [5, 5.41) is 2.91. The van der Waals surface area contributed by atoms with E-state index in [2.05, 4.69) is 23.5 Å². The smallest absolute Gasteiger partial charge is 0.245 e. The third-order valence-electron chi connectivity index (χ3n) is 5.90. The van der Waals surface area contributed by atoms with Gasteiger partial charge in [-0.1, -0.05) is 93.0 Å². The zero-order valence-electron chi connectivity index (χ0n) is 24.3. The van der Waals surface area contributed by atoms with Crippen molar-refractivity contribution in [3.63, 3.8) is 0 Å². The van der Waals surface area contributed by atoms with E-state index in [1.165, 1.54) is 0 Å². The maximum atomic E-state index is 12.3. The number of benzene rings is 2. The molecule has 5 N–H and O–H groups in total. The first kappa shape index (κ1) is 34.0. The van der Waals surface area contributed by atoms with Crippen molar-refractivity contribution < 1.29 is 14.3 Å². The topological polar surface area (TPSA) is 112 Å². The molecule has 40 heavy (non-hydrogen) atoms. The molecule has 0 aromatic heterocycles. The van der Waals surface area contributed by atoms with Crippen LogP contribution >= 0.6 is 0 Å². The molecule has 1 atom stereocenters. The molecule has 0 aliphatic rings. The van der Waals surface area contributed by atoms with Crippen molar-refractivity contribution in [3.8, 4) is 11.5 Å². The molecular formula is C33H48N4O3. The Morgan fingerprint density at radius 3 is 2.05 bits per heavy atom. The van der Waals surface area contributed by atoms with E-state index in [4.69, 9.17) is 20.9 Å². The summed E-state index contributed by atoms with van der Waals surface area (Å²) < 4.78 is 11.6. The Balaban J connectivity index is 0.00000187. The van der Waals surface area contributed by atoms with Gasteiger partial charge in [0.15, 0.2) is 5.96 Å². The van der Waals surface area contributed by atoms with Crippen molar-refractivity contribution in [1.29, 1.82) is 0 Å². The van der Waals surface area contributed by atoms with Gasteiger partial charge in [-0.15, -0.1) is 0 Å². The molecular weight excluding hydrogens is 500 g/mol. The van der Waals surface area contributed by atoms with Crippen LogP contribution in [-0.4, -0.2) is 31.1 Å². The highest BCUT2D eigenvalue weighted by Crippen LogP contribution is 2.19. The van der Waals surface area contributed by atoms with Gasteiger partial charge in [0, 0.05) is 13.0 Å². The Morgan fingerprint density at radius 1 is 0.900 bits per heavy atom. The van der Waals surface area contributed by atoms with Crippen molar-refractivity contribution in [2.45, 2.75) is 71.4 Å². The summed E-state index contributed by atoms with van der Waals surface area (Å²) in [4.78, 5) is 16.3. The second-order valence-corrected chi connectivity index (χ2v) is 9.31. The van der Waals surface area contributed by atoms with Crippen LogP contribution in [0, 0.1) is 0 Å². The van der Waals surface area contributed by atoms with E-state index in [0.29, 0.717) is 31.8 Å². The highest BCUT2D eigenvalue weighted by molar-refractivity contribution is 5.86. The predicted molar refractivity (Wildman–Crippen MR) is 167 cm³/mol. The summed E-state index contributed by atoms with van der Waals surface area (Å²) in [5.41, 5.74) is 12.7. The number of carbonyl (C=O) groups excluding carboxylic acids is 1. The number of hydrogen-bond donors (Lipinski definition) is 3. The lowest BCUT2D eigenvalue weighted by molar-refractivity contribution is -0.122. The third-order valence-corrected chi connectivity index (χ3v) is 5.90. The van der Waals surface area contributed by atoms with E-state index < -0.39 is 6.04 Å². The summed E-state index contributed by atoms with van der Waals surface area (Å²) in [6.45, 7) is 13.3. The first-order valence-corrected chi connectivity index (χ1v) is 14.0. The van der Waals surface area contributed by atoms with Crippen molar-refractivity contribution in [2.24, 2.45) is 16.5 Å². The number of ether oxygens (including phenoxy) is 2. The number of hydrogen-bond acceptors (Lipinski definition) is 4. The second kappa shape index (κ2) is 21.9. The molecule has 0 fully saturated rings. The van der Waals surface area contributed by atoms with Gasteiger partial charge in [0.05, 0.1) is 6.61 Å². The number of carbonyl (C=O) groups is 1. The second-order valence-electron chi connectivity index (χ2n) is 9.31. The number of unbranched alkanes of at least 4 members (excludes halogenated alkanes) is 5. The first-order chi connectivity index (χ1) is 19.4. The molecule has 0 saturated carbocycles. The number of guanidine groups is 1. The van der Waals surface area contributed by atoms with Crippen LogP contribution in [0.1, 0.15) is 64.4 Å². The number of nitrogens with one attached hydrogen (secondary N) is 1. The monoisotopic (exact) mass is 548 g/mol. The summed E-state index contributed by atoms with van der Waals surface area (Å²) in [6, 6.07) is 17.2. The lowest BCUT2D eigenvalue weighted by Gasteiger charge is -2.13. The Hall–Kier alpha value is -4.00. The maximum Gasteiger partial charge on any atom is 0.245 e. The van der Waals surface area contributed by atoms with Crippen molar-refractivity contribution in [1.82, 2.24) is 5.32 Å². The van der Waals surface area contributed by atoms with Gasteiger partial charge >= 0.3 is 0 Å². The van der Waals surface area contributed by atoms with Crippen LogP contribution in [-0.2, 0) is 11.4 Å². The molecule has 2 aromatic carbocycles. The summed E-state index contributed by atoms with van der Waals surface area (Å²) in [6.07, 6.45) is 12.3. The van der Waals surface area contributed by atoms with Crippen LogP contribution in [0.3, 0.4) is 0 Å². The van der Waals surface area contributed by atoms with Gasteiger partial charge in [-0.25, -0.2) is 4.99 Å². The van der Waals surface area contributed by atoms with E-state index in [0.717, 1.165) is 55.6 Å². The van der Waals surface area contributed by atoms with Crippen LogP contribution in [0.5, 0.6) is 11.5 Å². The average molecular weight is 549 g/mol. The Morgan fingerprint density at radius 2 is 1.48 bits per heavy atom. The molecule has 218 valence electrons.